The summed E-state index contributed by atoms with van der Waals surface area (Å²) in [4.78, 5) is 13.9. The molecule has 0 bridgehead atoms. The molecule has 0 radical (unpaired) electrons. The second kappa shape index (κ2) is 7.54. The summed E-state index contributed by atoms with van der Waals surface area (Å²) < 4.78 is 11.4. The number of carbonyl (C=O) groups excluding carboxylic acids is 1. The van der Waals surface area contributed by atoms with Crippen LogP contribution in [0.25, 0.3) is 0 Å². The van der Waals surface area contributed by atoms with E-state index in [1.807, 2.05) is 20.8 Å². The predicted molar refractivity (Wildman–Crippen MR) is 79.2 cm³/mol. The molecule has 4 nitrogen and oxygen atoms in total. The summed E-state index contributed by atoms with van der Waals surface area (Å²) in [6.45, 7) is 8.34. The third kappa shape index (κ3) is 5.42. The van der Waals surface area contributed by atoms with Crippen LogP contribution in [0.1, 0.15) is 59.8 Å². The highest BCUT2D eigenvalue weighted by Gasteiger charge is 2.32. The van der Waals surface area contributed by atoms with Crippen molar-refractivity contribution in [3.05, 3.63) is 0 Å². The molecule has 4 heteroatoms. The number of carbonyl (C=O) groups is 1. The highest BCUT2D eigenvalue weighted by atomic mass is 16.6. The Hall–Kier alpha value is -1.21. The highest BCUT2D eigenvalue weighted by molar-refractivity contribution is 5.68. The molecule has 1 saturated heterocycles. The maximum Gasteiger partial charge on any atom is 0.412 e. The first-order valence-electron chi connectivity index (χ1n) is 7.48. The minimum Gasteiger partial charge on any atom is -0.444 e. The fraction of sp³-hybridized carbons (Fsp3) is 0.812. The van der Waals surface area contributed by atoms with E-state index in [1.54, 1.807) is 4.90 Å². The Labute approximate surface area is 122 Å². The van der Waals surface area contributed by atoms with Crippen LogP contribution in [0.15, 0.2) is 0 Å². The molecule has 1 amide bonds. The normalized spacial score (nSPS) is 21.1. The third-order valence-electron chi connectivity index (χ3n) is 3.13. The highest BCUT2D eigenvalue weighted by Crippen LogP contribution is 2.23. The van der Waals surface area contributed by atoms with Crippen LogP contribution in [0, 0.1) is 12.3 Å². The lowest BCUT2D eigenvalue weighted by molar-refractivity contribution is -0.100. The standard InChI is InChI=1S/C16H27NO3/c1-6-10-13(7-2)19-14-11-8-9-12-17(14)15(18)20-16(3,4)5/h2,13-14H,6,8-12H2,1,3-5H3. The van der Waals surface area contributed by atoms with Gasteiger partial charge in [0.2, 0.25) is 0 Å². The molecule has 0 aromatic carbocycles. The minimum atomic E-state index is -0.492. The van der Waals surface area contributed by atoms with Crippen LogP contribution in [0.2, 0.25) is 0 Å². The topological polar surface area (TPSA) is 38.8 Å². The SMILES string of the molecule is C#CC(CCC)OC1CCCCN1C(=O)OC(C)(C)C. The Morgan fingerprint density at radius 1 is 1.45 bits per heavy atom. The number of terminal acetylenes is 1. The Balaban J connectivity index is 2.66. The summed E-state index contributed by atoms with van der Waals surface area (Å²) in [6, 6.07) is 0. The van der Waals surface area contributed by atoms with Crippen LogP contribution in [0.5, 0.6) is 0 Å². The van der Waals surface area contributed by atoms with Crippen molar-refractivity contribution in [2.24, 2.45) is 0 Å². The number of amides is 1. The minimum absolute atomic E-state index is 0.229. The fourth-order valence-electron chi connectivity index (χ4n) is 2.21. The average Bonchev–Trinajstić information content (AvgIpc) is 2.36. The van der Waals surface area contributed by atoms with E-state index in [9.17, 15) is 4.79 Å². The van der Waals surface area contributed by atoms with Gasteiger partial charge in [0.25, 0.3) is 0 Å². The van der Waals surface area contributed by atoms with Gasteiger partial charge in [0, 0.05) is 6.54 Å². The monoisotopic (exact) mass is 281 g/mol. The molecule has 1 rings (SSSR count). The van der Waals surface area contributed by atoms with E-state index >= 15 is 0 Å². The smallest absolute Gasteiger partial charge is 0.412 e. The zero-order valence-corrected chi connectivity index (χ0v) is 13.1. The van der Waals surface area contributed by atoms with Crippen molar-refractivity contribution in [3.8, 4) is 12.3 Å². The largest absolute Gasteiger partial charge is 0.444 e. The van der Waals surface area contributed by atoms with E-state index in [1.165, 1.54) is 0 Å². The van der Waals surface area contributed by atoms with Crippen molar-refractivity contribution in [2.75, 3.05) is 6.54 Å². The van der Waals surface area contributed by atoms with Crippen molar-refractivity contribution in [1.82, 2.24) is 4.90 Å². The van der Waals surface area contributed by atoms with Crippen LogP contribution < -0.4 is 0 Å². The van der Waals surface area contributed by atoms with Gasteiger partial charge in [-0.2, -0.15) is 0 Å². The lowest BCUT2D eigenvalue weighted by atomic mass is 10.1. The molecule has 1 aliphatic rings. The molecule has 0 saturated carbocycles. The maximum absolute atomic E-state index is 12.2. The Bertz CT molecular complexity index is 354. The van der Waals surface area contributed by atoms with Crippen molar-refractivity contribution in [2.45, 2.75) is 77.7 Å². The van der Waals surface area contributed by atoms with Gasteiger partial charge in [-0.3, -0.25) is 4.90 Å². The summed E-state index contributed by atoms with van der Waals surface area (Å²) in [5, 5.41) is 0. The molecule has 1 heterocycles. The van der Waals surface area contributed by atoms with Gasteiger partial charge in [0.05, 0.1) is 0 Å². The van der Waals surface area contributed by atoms with E-state index in [-0.39, 0.29) is 18.4 Å². The number of piperidine rings is 1. The van der Waals surface area contributed by atoms with Gasteiger partial charge in [-0.05, 0) is 46.5 Å². The van der Waals surface area contributed by atoms with E-state index < -0.39 is 5.60 Å². The van der Waals surface area contributed by atoms with Gasteiger partial charge >= 0.3 is 6.09 Å². The van der Waals surface area contributed by atoms with Crippen LogP contribution in [0.4, 0.5) is 4.79 Å². The molecule has 0 aromatic rings. The van der Waals surface area contributed by atoms with E-state index in [4.69, 9.17) is 15.9 Å². The molecule has 2 unspecified atom stereocenters. The molecular weight excluding hydrogens is 254 g/mol. The van der Waals surface area contributed by atoms with Gasteiger partial charge in [-0.15, -0.1) is 6.42 Å². The third-order valence-corrected chi connectivity index (χ3v) is 3.13. The molecule has 0 N–H and O–H groups in total. The van der Waals surface area contributed by atoms with Gasteiger partial charge in [-0.1, -0.05) is 19.3 Å². The van der Waals surface area contributed by atoms with Crippen LogP contribution in [-0.2, 0) is 9.47 Å². The fourth-order valence-corrected chi connectivity index (χ4v) is 2.21. The quantitative estimate of drug-likeness (QED) is 0.740. The second-order valence-electron chi connectivity index (χ2n) is 6.20. The van der Waals surface area contributed by atoms with Crippen molar-refractivity contribution >= 4 is 6.09 Å². The number of likely N-dealkylation sites (tertiary alicyclic amines) is 1. The van der Waals surface area contributed by atoms with Gasteiger partial charge in [0.15, 0.2) is 0 Å². The van der Waals surface area contributed by atoms with E-state index in [0.29, 0.717) is 6.54 Å². The summed E-state index contributed by atoms with van der Waals surface area (Å²) in [6.07, 6.45) is 9.32. The lowest BCUT2D eigenvalue weighted by Crippen LogP contribution is -2.48. The summed E-state index contributed by atoms with van der Waals surface area (Å²) in [5.41, 5.74) is -0.492. The number of ether oxygens (including phenoxy) is 2. The second-order valence-corrected chi connectivity index (χ2v) is 6.20. The summed E-state index contributed by atoms with van der Waals surface area (Å²) in [5.74, 6) is 2.66. The molecular formula is C16H27NO3. The Morgan fingerprint density at radius 2 is 2.15 bits per heavy atom. The zero-order valence-electron chi connectivity index (χ0n) is 13.1. The predicted octanol–water partition coefficient (Wildman–Crippen LogP) is 3.55. The number of hydrogen-bond donors (Lipinski definition) is 0. The van der Waals surface area contributed by atoms with Crippen molar-refractivity contribution in [1.29, 1.82) is 0 Å². The number of hydrogen-bond acceptors (Lipinski definition) is 3. The first-order chi connectivity index (χ1) is 9.37. The average molecular weight is 281 g/mol. The van der Waals surface area contributed by atoms with Crippen LogP contribution >= 0.6 is 0 Å². The van der Waals surface area contributed by atoms with Crippen LogP contribution in [0.3, 0.4) is 0 Å². The number of rotatable bonds is 4. The molecule has 114 valence electrons. The Morgan fingerprint density at radius 3 is 2.70 bits per heavy atom. The molecule has 1 aliphatic heterocycles. The molecule has 0 spiro atoms. The first kappa shape index (κ1) is 16.8. The molecule has 0 aliphatic carbocycles. The zero-order chi connectivity index (χ0) is 15.2. The summed E-state index contributed by atoms with van der Waals surface area (Å²) in [7, 11) is 0. The molecule has 0 aromatic heterocycles. The van der Waals surface area contributed by atoms with Gasteiger partial charge in [0.1, 0.15) is 17.9 Å². The van der Waals surface area contributed by atoms with Gasteiger partial charge in [-0.25, -0.2) is 4.79 Å². The van der Waals surface area contributed by atoms with Gasteiger partial charge < -0.3 is 9.47 Å². The molecule has 20 heavy (non-hydrogen) atoms. The lowest BCUT2D eigenvalue weighted by Gasteiger charge is -2.37. The number of nitrogens with zero attached hydrogens (tertiary/aromatic N) is 1. The van der Waals surface area contributed by atoms with Crippen molar-refractivity contribution in [3.63, 3.8) is 0 Å². The van der Waals surface area contributed by atoms with Crippen molar-refractivity contribution < 1.29 is 14.3 Å². The molecule has 1 fully saturated rings. The first-order valence-corrected chi connectivity index (χ1v) is 7.48. The van der Waals surface area contributed by atoms with E-state index in [0.717, 1.165) is 32.1 Å². The maximum atomic E-state index is 12.2. The van der Waals surface area contributed by atoms with Crippen LogP contribution in [-0.4, -0.2) is 35.5 Å². The summed E-state index contributed by atoms with van der Waals surface area (Å²) >= 11 is 0. The van der Waals surface area contributed by atoms with E-state index in [2.05, 4.69) is 12.8 Å². The molecule has 2 atom stereocenters. The Kier molecular flexibility index (Phi) is 6.35.